The maximum Gasteiger partial charge on any atom is 0.336 e. The Bertz CT molecular complexity index is 915. The van der Waals surface area contributed by atoms with E-state index in [-0.39, 0.29) is 88.7 Å². The number of carbonyl (C=O) groups excluding carboxylic acids is 1. The molecule has 0 aliphatic carbocycles. The first-order chi connectivity index (χ1) is 11.2. The normalized spacial score (nSPS) is 12.4. The number of carboxylic acid groups (broad SMARTS) is 2. The molecule has 0 unspecified atom stereocenters. The fourth-order valence-corrected chi connectivity index (χ4v) is 3.15. The first-order valence-corrected chi connectivity index (χ1v) is 7.94. The molecule has 0 saturated carbocycles. The van der Waals surface area contributed by atoms with Gasteiger partial charge in [-0.15, -0.1) is 0 Å². The molecular weight excluding hydrogens is 662 g/mol. The number of amides is 1. The van der Waals surface area contributed by atoms with Crippen LogP contribution in [0.25, 0.3) is 0 Å². The molecule has 1 amide bonds. The van der Waals surface area contributed by atoms with Gasteiger partial charge in [-0.3, -0.25) is 4.79 Å². The van der Waals surface area contributed by atoms with Crippen molar-refractivity contribution in [3.05, 3.63) is 65.2 Å². The Labute approximate surface area is 201 Å². The largest absolute Gasteiger partial charge is 0.478 e. The second-order valence-corrected chi connectivity index (χ2v) is 6.24. The second kappa shape index (κ2) is 11.8. The molecule has 3 radical (unpaired) electrons. The molecule has 3 N–H and O–H groups in total. The van der Waals surface area contributed by atoms with Crippen molar-refractivity contribution >= 4 is 27.9 Å². The van der Waals surface area contributed by atoms with E-state index in [9.17, 15) is 22.8 Å². The van der Waals surface area contributed by atoms with Crippen LogP contribution in [-0.2, 0) is 77.2 Å². The maximum atomic E-state index is 11.1. The van der Waals surface area contributed by atoms with Gasteiger partial charge in [-0.25, -0.2) is 22.7 Å². The number of hydrogen-bond acceptors (Lipinski definition) is 5. The van der Waals surface area contributed by atoms with Crippen molar-refractivity contribution < 1.29 is 100 Å². The van der Waals surface area contributed by atoms with Crippen LogP contribution in [-0.4, -0.2) is 36.5 Å². The van der Waals surface area contributed by atoms with Crippen molar-refractivity contribution in [2.75, 3.05) is 0 Å². The molecule has 27 heavy (non-hydrogen) atoms. The number of benzene rings is 2. The molecule has 0 aromatic heterocycles. The van der Waals surface area contributed by atoms with Crippen molar-refractivity contribution in [3.63, 3.8) is 0 Å². The van der Waals surface area contributed by atoms with Crippen LogP contribution < -0.4 is 4.72 Å². The number of hydrogen-bond donors (Lipinski definition) is 3. The number of rotatable bonds is 2. The summed E-state index contributed by atoms with van der Waals surface area (Å²) in [6, 6.07) is 11.6. The summed E-state index contributed by atoms with van der Waals surface area (Å²) < 4.78 is 24.2. The van der Waals surface area contributed by atoms with E-state index >= 15 is 0 Å². The molecule has 3 rings (SSSR count). The molecule has 1 aliphatic heterocycles. The summed E-state index contributed by atoms with van der Waals surface area (Å²) in [6.07, 6.45) is 0. The van der Waals surface area contributed by atoms with Gasteiger partial charge in [0, 0.05) is 67.1 Å². The number of sulfonamides is 1. The quantitative estimate of drug-likeness (QED) is 0.408. The number of aromatic carboxylic acids is 2. The third-order valence-electron chi connectivity index (χ3n) is 3.04. The fourth-order valence-electron chi connectivity index (χ4n) is 1.98. The number of carboxylic acids is 2. The van der Waals surface area contributed by atoms with Gasteiger partial charge in [0.2, 0.25) is 0 Å². The Morgan fingerprint density at radius 2 is 1.19 bits per heavy atom. The van der Waals surface area contributed by atoms with Gasteiger partial charge < -0.3 is 10.2 Å². The Morgan fingerprint density at radius 3 is 1.59 bits per heavy atom. The third-order valence-corrected chi connectivity index (χ3v) is 4.43. The van der Waals surface area contributed by atoms with E-state index in [4.69, 9.17) is 10.2 Å². The van der Waals surface area contributed by atoms with Gasteiger partial charge in [-0.1, -0.05) is 24.3 Å². The van der Waals surface area contributed by atoms with Crippen LogP contribution in [0.2, 0.25) is 0 Å². The van der Waals surface area contributed by atoms with Crippen molar-refractivity contribution in [1.82, 2.24) is 4.72 Å². The molecule has 0 bridgehead atoms. The average Bonchev–Trinajstić information content (AvgIpc) is 2.78. The van der Waals surface area contributed by atoms with Crippen molar-refractivity contribution in [1.29, 1.82) is 0 Å². The van der Waals surface area contributed by atoms with Crippen LogP contribution >= 0.6 is 0 Å². The van der Waals surface area contributed by atoms with Crippen LogP contribution in [0.1, 0.15) is 31.1 Å². The Hall–Kier alpha value is -0.979. The maximum absolute atomic E-state index is 11.1. The van der Waals surface area contributed by atoms with E-state index in [1.807, 2.05) is 4.72 Å². The SMILES string of the molecule is O=C(O)c1ccccc1C(=O)O.O=C1NS(=O)(=O)c2ccccc21.[Ag].[Ag].[Ag]. The molecule has 2 aromatic carbocycles. The van der Waals surface area contributed by atoms with Gasteiger partial charge in [0.1, 0.15) is 4.90 Å². The molecular formula is C15H11Ag3NO7S. The van der Waals surface area contributed by atoms with E-state index in [0.29, 0.717) is 0 Å². The molecule has 0 fully saturated rings. The summed E-state index contributed by atoms with van der Waals surface area (Å²) in [5.74, 6) is -3.01. The van der Waals surface area contributed by atoms with Gasteiger partial charge in [0.05, 0.1) is 16.7 Å². The van der Waals surface area contributed by atoms with Crippen LogP contribution in [0, 0.1) is 0 Å². The van der Waals surface area contributed by atoms with Crippen LogP contribution in [0.3, 0.4) is 0 Å². The second-order valence-electron chi connectivity index (χ2n) is 4.59. The van der Waals surface area contributed by atoms with E-state index in [1.165, 1.54) is 36.4 Å². The third kappa shape index (κ3) is 6.84. The Morgan fingerprint density at radius 1 is 0.778 bits per heavy atom. The molecule has 0 spiro atoms. The van der Waals surface area contributed by atoms with E-state index in [0.717, 1.165) is 0 Å². The number of fused-ring (bicyclic) bond motifs is 1. The molecule has 157 valence electrons. The fraction of sp³-hybridized carbons (Fsp3) is 0. The van der Waals surface area contributed by atoms with Crippen LogP contribution in [0.15, 0.2) is 53.4 Å². The van der Waals surface area contributed by atoms with Gasteiger partial charge in [0.15, 0.2) is 0 Å². The predicted molar refractivity (Wildman–Crippen MR) is 81.5 cm³/mol. The topological polar surface area (TPSA) is 138 Å². The van der Waals surface area contributed by atoms with E-state index < -0.39 is 27.9 Å². The van der Waals surface area contributed by atoms with Crippen LogP contribution in [0.5, 0.6) is 0 Å². The monoisotopic (exact) mass is 670 g/mol. The summed E-state index contributed by atoms with van der Waals surface area (Å²) in [7, 11) is -3.55. The zero-order chi connectivity index (χ0) is 17.9. The molecule has 0 atom stereocenters. The summed E-state index contributed by atoms with van der Waals surface area (Å²) in [6.45, 7) is 0. The van der Waals surface area contributed by atoms with Crippen molar-refractivity contribution in [2.45, 2.75) is 4.90 Å². The van der Waals surface area contributed by atoms with Crippen molar-refractivity contribution in [3.8, 4) is 0 Å². The first kappa shape index (κ1) is 28.2. The zero-order valence-corrected chi connectivity index (χ0v) is 18.1. The van der Waals surface area contributed by atoms with Gasteiger partial charge >= 0.3 is 11.9 Å². The van der Waals surface area contributed by atoms with Gasteiger partial charge in [0.25, 0.3) is 15.9 Å². The standard InChI is InChI=1S/C8H6O4.C7H5NO3S.3Ag/c9-7(10)5-3-1-2-4-6(5)8(11)12;9-7-5-3-1-2-4-6(5)12(10,11)8-7;;;/h1-4H,(H,9,10)(H,11,12);1-4H,(H,8,9);;;. The minimum absolute atomic E-state index is 0. The van der Waals surface area contributed by atoms with Gasteiger partial charge in [-0.05, 0) is 24.3 Å². The average molecular weight is 673 g/mol. The number of nitrogens with one attached hydrogen (secondary N) is 1. The summed E-state index contributed by atoms with van der Waals surface area (Å²) in [5.41, 5.74) is -0.160. The van der Waals surface area contributed by atoms with Gasteiger partial charge in [-0.2, -0.15) is 0 Å². The molecule has 1 aliphatic rings. The number of carbonyl (C=O) groups is 3. The smallest absolute Gasteiger partial charge is 0.336 e. The minimum Gasteiger partial charge on any atom is -0.478 e. The zero-order valence-electron chi connectivity index (χ0n) is 12.9. The first-order valence-electron chi connectivity index (χ1n) is 6.46. The van der Waals surface area contributed by atoms with E-state index in [2.05, 4.69) is 0 Å². The predicted octanol–water partition coefficient (Wildman–Crippen LogP) is 1.19. The summed E-state index contributed by atoms with van der Waals surface area (Å²) >= 11 is 0. The summed E-state index contributed by atoms with van der Waals surface area (Å²) in [5, 5.41) is 17.1. The van der Waals surface area contributed by atoms with Crippen LogP contribution in [0.4, 0.5) is 0 Å². The summed E-state index contributed by atoms with van der Waals surface area (Å²) in [4.78, 5) is 32.0. The molecule has 8 nitrogen and oxygen atoms in total. The molecule has 2 aromatic rings. The van der Waals surface area contributed by atoms with Crippen molar-refractivity contribution in [2.24, 2.45) is 0 Å². The Kier molecular flexibility index (Phi) is 12.3. The van der Waals surface area contributed by atoms with E-state index in [1.54, 1.807) is 12.1 Å². The molecule has 1 heterocycles. The molecule has 0 saturated heterocycles. The Balaban J connectivity index is 0. The molecule has 12 heteroatoms. The minimum atomic E-state index is -3.55.